The standard InChI is InChI=1S/C21H23N3O4/c1-15-5-3-7-17-19(15)28-20(23-17)24-10-12-27-21(2,14-24)13-22-18(25)9-8-16-6-4-11-26-16/h3-9,11H,10,12-14H2,1-2H3,(H,22,25)/b9-8+. The highest BCUT2D eigenvalue weighted by Crippen LogP contribution is 2.27. The zero-order chi connectivity index (χ0) is 19.6. The van der Waals surface area contributed by atoms with Crippen LogP contribution in [-0.4, -0.2) is 42.7 Å². The van der Waals surface area contributed by atoms with Crippen molar-refractivity contribution in [1.82, 2.24) is 10.3 Å². The first-order valence-electron chi connectivity index (χ1n) is 9.27. The van der Waals surface area contributed by atoms with Crippen LogP contribution < -0.4 is 10.2 Å². The Morgan fingerprint density at radius 2 is 2.25 bits per heavy atom. The highest BCUT2D eigenvalue weighted by Gasteiger charge is 2.34. The van der Waals surface area contributed by atoms with Gasteiger partial charge in [0.2, 0.25) is 5.91 Å². The van der Waals surface area contributed by atoms with Gasteiger partial charge in [-0.05, 0) is 43.7 Å². The molecule has 28 heavy (non-hydrogen) atoms. The molecule has 1 N–H and O–H groups in total. The van der Waals surface area contributed by atoms with E-state index < -0.39 is 5.60 Å². The molecule has 1 aliphatic heterocycles. The van der Waals surface area contributed by atoms with E-state index in [2.05, 4.69) is 15.2 Å². The van der Waals surface area contributed by atoms with E-state index >= 15 is 0 Å². The summed E-state index contributed by atoms with van der Waals surface area (Å²) >= 11 is 0. The molecule has 2 aromatic heterocycles. The van der Waals surface area contributed by atoms with Crippen molar-refractivity contribution in [1.29, 1.82) is 0 Å². The number of nitrogens with one attached hydrogen (secondary N) is 1. The van der Waals surface area contributed by atoms with E-state index in [4.69, 9.17) is 13.6 Å². The van der Waals surface area contributed by atoms with Crippen LogP contribution in [0.2, 0.25) is 0 Å². The first-order chi connectivity index (χ1) is 13.5. The molecule has 1 aromatic carbocycles. The maximum absolute atomic E-state index is 12.1. The molecule has 3 heterocycles. The van der Waals surface area contributed by atoms with Gasteiger partial charge in [-0.2, -0.15) is 4.98 Å². The van der Waals surface area contributed by atoms with E-state index in [1.54, 1.807) is 24.5 Å². The fourth-order valence-electron chi connectivity index (χ4n) is 3.29. The number of carbonyl (C=O) groups is 1. The fraction of sp³-hybridized carbons (Fsp3) is 0.333. The maximum Gasteiger partial charge on any atom is 0.298 e. The van der Waals surface area contributed by atoms with E-state index in [1.807, 2.05) is 32.0 Å². The zero-order valence-electron chi connectivity index (χ0n) is 16.0. The Labute approximate surface area is 163 Å². The first kappa shape index (κ1) is 18.3. The van der Waals surface area contributed by atoms with Gasteiger partial charge in [0.05, 0.1) is 19.4 Å². The minimum atomic E-state index is -0.540. The third-order valence-electron chi connectivity index (χ3n) is 4.79. The topological polar surface area (TPSA) is 80.7 Å². The summed E-state index contributed by atoms with van der Waals surface area (Å²) in [6.07, 6.45) is 4.65. The quantitative estimate of drug-likeness (QED) is 0.684. The molecular weight excluding hydrogens is 358 g/mol. The van der Waals surface area contributed by atoms with Gasteiger partial charge in [0.25, 0.3) is 6.01 Å². The number of aryl methyl sites for hydroxylation is 1. The summed E-state index contributed by atoms with van der Waals surface area (Å²) in [5.41, 5.74) is 2.17. The summed E-state index contributed by atoms with van der Waals surface area (Å²) in [6, 6.07) is 10.1. The SMILES string of the molecule is Cc1cccc2nc(N3CCOC(C)(CNC(=O)/C=C/c4ccco4)C3)oc12. The van der Waals surface area contributed by atoms with Crippen LogP contribution in [0.5, 0.6) is 0 Å². The summed E-state index contributed by atoms with van der Waals surface area (Å²) in [4.78, 5) is 18.8. The Hall–Kier alpha value is -3.06. The van der Waals surface area contributed by atoms with Crippen molar-refractivity contribution >= 4 is 29.1 Å². The highest BCUT2D eigenvalue weighted by molar-refractivity contribution is 5.91. The van der Waals surface area contributed by atoms with Crippen molar-refractivity contribution in [2.75, 3.05) is 31.1 Å². The largest absolute Gasteiger partial charge is 0.465 e. The molecule has 1 saturated heterocycles. The smallest absolute Gasteiger partial charge is 0.298 e. The molecule has 4 rings (SSSR count). The third kappa shape index (κ3) is 3.94. The number of aromatic nitrogens is 1. The van der Waals surface area contributed by atoms with Crippen LogP contribution in [-0.2, 0) is 9.53 Å². The first-order valence-corrected chi connectivity index (χ1v) is 9.27. The number of anilines is 1. The van der Waals surface area contributed by atoms with Gasteiger partial charge < -0.3 is 23.8 Å². The Morgan fingerprint density at radius 3 is 3.04 bits per heavy atom. The Balaban J connectivity index is 1.40. The van der Waals surface area contributed by atoms with Gasteiger partial charge in [-0.25, -0.2) is 0 Å². The van der Waals surface area contributed by atoms with Crippen LogP contribution in [0.25, 0.3) is 17.2 Å². The monoisotopic (exact) mass is 381 g/mol. The van der Waals surface area contributed by atoms with Crippen molar-refractivity contribution in [3.05, 3.63) is 54.0 Å². The molecule has 0 saturated carbocycles. The summed E-state index contributed by atoms with van der Waals surface area (Å²) in [6.45, 7) is 6.15. The highest BCUT2D eigenvalue weighted by atomic mass is 16.5. The van der Waals surface area contributed by atoms with Crippen molar-refractivity contribution < 1.29 is 18.4 Å². The van der Waals surface area contributed by atoms with Gasteiger partial charge in [0, 0.05) is 19.2 Å². The number of fused-ring (bicyclic) bond motifs is 1. The van der Waals surface area contributed by atoms with Gasteiger partial charge in [0.15, 0.2) is 5.58 Å². The average Bonchev–Trinajstić information content (AvgIpc) is 3.35. The molecule has 7 nitrogen and oxygen atoms in total. The van der Waals surface area contributed by atoms with Crippen LogP contribution in [0.4, 0.5) is 6.01 Å². The van der Waals surface area contributed by atoms with Crippen molar-refractivity contribution in [2.45, 2.75) is 19.4 Å². The molecule has 0 bridgehead atoms. The van der Waals surface area contributed by atoms with E-state index in [9.17, 15) is 4.79 Å². The number of para-hydroxylation sites is 1. The molecule has 1 amide bonds. The number of hydrogen-bond acceptors (Lipinski definition) is 6. The van der Waals surface area contributed by atoms with Crippen LogP contribution >= 0.6 is 0 Å². The summed E-state index contributed by atoms with van der Waals surface area (Å²) in [5, 5.41) is 2.89. The van der Waals surface area contributed by atoms with Crippen molar-refractivity contribution in [3.8, 4) is 0 Å². The van der Waals surface area contributed by atoms with Gasteiger partial charge in [-0.15, -0.1) is 0 Å². The average molecular weight is 381 g/mol. The summed E-state index contributed by atoms with van der Waals surface area (Å²) in [5.74, 6) is 0.434. The number of rotatable bonds is 5. The third-order valence-corrected chi connectivity index (χ3v) is 4.79. The Morgan fingerprint density at radius 1 is 1.36 bits per heavy atom. The second kappa shape index (κ2) is 7.52. The lowest BCUT2D eigenvalue weighted by molar-refractivity contribution is -0.118. The fourth-order valence-corrected chi connectivity index (χ4v) is 3.29. The maximum atomic E-state index is 12.1. The number of morpholine rings is 1. The number of nitrogens with zero attached hydrogens (tertiary/aromatic N) is 2. The molecule has 1 aliphatic rings. The van der Waals surface area contributed by atoms with Crippen molar-refractivity contribution in [3.63, 3.8) is 0 Å². The molecule has 1 fully saturated rings. The van der Waals surface area contributed by atoms with Crippen LogP contribution in [0.3, 0.4) is 0 Å². The van der Waals surface area contributed by atoms with E-state index in [0.29, 0.717) is 38.0 Å². The van der Waals surface area contributed by atoms with Gasteiger partial charge in [-0.3, -0.25) is 4.79 Å². The number of furan rings is 1. The van der Waals surface area contributed by atoms with E-state index in [-0.39, 0.29) is 5.91 Å². The number of ether oxygens (including phenoxy) is 1. The van der Waals surface area contributed by atoms with Crippen LogP contribution in [0.15, 0.2) is 51.5 Å². The molecule has 0 aliphatic carbocycles. The number of hydrogen-bond donors (Lipinski definition) is 1. The second-order valence-electron chi connectivity index (χ2n) is 7.21. The molecule has 7 heteroatoms. The van der Waals surface area contributed by atoms with Crippen LogP contribution in [0, 0.1) is 6.92 Å². The van der Waals surface area contributed by atoms with Gasteiger partial charge in [-0.1, -0.05) is 12.1 Å². The predicted octanol–water partition coefficient (Wildman–Crippen LogP) is 3.15. The lowest BCUT2D eigenvalue weighted by Crippen LogP contribution is -2.55. The van der Waals surface area contributed by atoms with Crippen LogP contribution in [0.1, 0.15) is 18.2 Å². The number of benzene rings is 1. The molecule has 3 aromatic rings. The molecule has 1 atom stereocenters. The van der Waals surface area contributed by atoms with Gasteiger partial charge in [0.1, 0.15) is 16.9 Å². The van der Waals surface area contributed by atoms with Gasteiger partial charge >= 0.3 is 0 Å². The summed E-state index contributed by atoms with van der Waals surface area (Å²) in [7, 11) is 0. The zero-order valence-corrected chi connectivity index (χ0v) is 16.0. The molecule has 1 unspecified atom stereocenters. The predicted molar refractivity (Wildman–Crippen MR) is 106 cm³/mol. The number of carbonyl (C=O) groups excluding carboxylic acids is 1. The normalized spacial score (nSPS) is 20.1. The number of amides is 1. The van der Waals surface area contributed by atoms with Crippen molar-refractivity contribution in [2.24, 2.45) is 0 Å². The lowest BCUT2D eigenvalue weighted by atomic mass is 10.0. The molecule has 0 radical (unpaired) electrons. The Bertz CT molecular complexity index is 992. The summed E-state index contributed by atoms with van der Waals surface area (Å²) < 4.78 is 17.1. The minimum Gasteiger partial charge on any atom is -0.465 e. The lowest BCUT2D eigenvalue weighted by Gasteiger charge is -2.39. The van der Waals surface area contributed by atoms with E-state index in [1.165, 1.54) is 6.08 Å². The molecule has 146 valence electrons. The second-order valence-corrected chi connectivity index (χ2v) is 7.21. The molecule has 0 spiro atoms. The number of oxazole rings is 1. The Kier molecular flexibility index (Phi) is 4.92. The minimum absolute atomic E-state index is 0.198. The van der Waals surface area contributed by atoms with E-state index in [0.717, 1.165) is 16.7 Å². The molecular formula is C21H23N3O4.